The van der Waals surface area contributed by atoms with Crippen LogP contribution in [-0.4, -0.2) is 151 Å². The quantitative estimate of drug-likeness (QED) is 0.147. The molecule has 3 rings (SSSR count). The van der Waals surface area contributed by atoms with Gasteiger partial charge >= 0.3 is 17.9 Å². The van der Waals surface area contributed by atoms with E-state index in [0.717, 1.165) is 0 Å². The number of hydrogen-bond acceptors (Lipinski definition) is 16. The predicted molar refractivity (Wildman–Crippen MR) is 205 cm³/mol. The maximum Gasteiger partial charge on any atom is 0.309 e. The summed E-state index contributed by atoms with van der Waals surface area (Å²) in [5.74, 6) is -2.82. The number of allylic oxidation sites excluding steroid dienone is 2. The van der Waals surface area contributed by atoms with Crippen molar-refractivity contribution in [1.82, 2.24) is 4.90 Å². The molecule has 3 N–H and O–H groups in total. The minimum absolute atomic E-state index is 0.000633. The first kappa shape index (κ1) is 48.6. The number of aliphatic hydroxyl groups excluding tert-OH is 2. The lowest BCUT2D eigenvalue weighted by Gasteiger charge is -2.50. The zero-order chi connectivity index (χ0) is 42.6. The number of methoxy groups -OCH3 is 1. The molecular weight excluding hydrogens is 746 g/mol. The van der Waals surface area contributed by atoms with Crippen LogP contribution in [0.4, 0.5) is 0 Å². The van der Waals surface area contributed by atoms with Gasteiger partial charge in [-0.2, -0.15) is 0 Å². The summed E-state index contributed by atoms with van der Waals surface area (Å²) in [7, 11) is 4.86. The van der Waals surface area contributed by atoms with E-state index in [1.54, 1.807) is 78.8 Å². The average Bonchev–Trinajstić information content (AvgIpc) is 3.13. The molecular formula is C41H67NO15. The molecule has 3 aliphatic heterocycles. The van der Waals surface area contributed by atoms with Gasteiger partial charge in [-0.25, -0.2) is 0 Å². The molecule has 0 saturated carbocycles. The van der Waals surface area contributed by atoms with Crippen molar-refractivity contribution < 1.29 is 72.4 Å². The Hall–Kier alpha value is -2.80. The summed E-state index contributed by atoms with van der Waals surface area (Å²) in [6.07, 6.45) is -4.08. The molecule has 0 radical (unpaired) electrons. The lowest BCUT2D eigenvalue weighted by molar-refractivity contribution is -0.344. The number of likely N-dealkylation sites (N-methyl/N-ethyl adjacent to an activating group) is 1. The van der Waals surface area contributed by atoms with Gasteiger partial charge < -0.3 is 62.9 Å². The van der Waals surface area contributed by atoms with Crippen LogP contribution in [0.5, 0.6) is 0 Å². The number of carbonyl (C=O) groups is 4. The lowest BCUT2D eigenvalue weighted by Crippen LogP contribution is -2.66. The van der Waals surface area contributed by atoms with Crippen LogP contribution in [0, 0.1) is 11.8 Å². The fraction of sp³-hybridized carbons (Fsp3) is 0.805. The SMILES string of the molecule is CCC(=O)O[C@@H]1CC(=O)O[C@H](C)CC=CC=C[C@H](O)[C@H](C)C[C@H](CC=O)[C@H](O[C@H]2O[C@H](C)[C@@H](O[C@H]3C[C@@](C)(O)[C@@H](OC(=O)CC)[C@H](C)O3)[C@H](N(C)C)[C@H]2O)[C@H]1OC. The summed E-state index contributed by atoms with van der Waals surface area (Å²) in [6, 6.07) is -0.779. The second kappa shape index (κ2) is 22.5. The minimum Gasteiger partial charge on any atom is -0.462 e. The number of rotatable bonds is 12. The zero-order valence-corrected chi connectivity index (χ0v) is 35.2. The Morgan fingerprint density at radius 1 is 0.965 bits per heavy atom. The summed E-state index contributed by atoms with van der Waals surface area (Å²) in [4.78, 5) is 52.3. The fourth-order valence-electron chi connectivity index (χ4n) is 7.82. The number of hydrogen-bond donors (Lipinski definition) is 3. The number of aliphatic hydroxyl groups is 3. The van der Waals surface area contributed by atoms with E-state index in [1.165, 1.54) is 7.11 Å². The molecule has 2 fully saturated rings. The van der Waals surface area contributed by atoms with Gasteiger partial charge in [-0.15, -0.1) is 0 Å². The van der Waals surface area contributed by atoms with Crippen molar-refractivity contribution in [2.24, 2.45) is 11.8 Å². The van der Waals surface area contributed by atoms with E-state index in [2.05, 4.69) is 0 Å². The van der Waals surface area contributed by atoms with Crippen molar-refractivity contribution in [3.63, 3.8) is 0 Å². The third-order valence-corrected chi connectivity index (χ3v) is 10.9. The zero-order valence-electron chi connectivity index (χ0n) is 35.2. The van der Waals surface area contributed by atoms with Crippen LogP contribution >= 0.6 is 0 Å². The topological polar surface area (TPSA) is 206 Å². The van der Waals surface area contributed by atoms with E-state index in [1.807, 2.05) is 13.0 Å². The molecule has 16 nitrogen and oxygen atoms in total. The van der Waals surface area contributed by atoms with Crippen molar-refractivity contribution >= 4 is 24.2 Å². The third kappa shape index (κ3) is 13.6. The van der Waals surface area contributed by atoms with Gasteiger partial charge in [0.1, 0.15) is 42.4 Å². The van der Waals surface area contributed by atoms with E-state index in [4.69, 9.17) is 37.9 Å². The van der Waals surface area contributed by atoms with Crippen LogP contribution in [0.25, 0.3) is 0 Å². The van der Waals surface area contributed by atoms with Gasteiger partial charge in [0.25, 0.3) is 0 Å². The van der Waals surface area contributed by atoms with Crippen LogP contribution in [0.2, 0.25) is 0 Å². The monoisotopic (exact) mass is 813 g/mol. The molecule has 0 bridgehead atoms. The minimum atomic E-state index is -1.49. The highest BCUT2D eigenvalue weighted by Crippen LogP contribution is 2.37. The summed E-state index contributed by atoms with van der Waals surface area (Å²) < 4.78 is 48.5. The highest BCUT2D eigenvalue weighted by atomic mass is 16.7. The van der Waals surface area contributed by atoms with Gasteiger partial charge in [-0.1, -0.05) is 45.1 Å². The molecule has 0 aliphatic carbocycles. The number of nitrogens with zero attached hydrogens (tertiary/aromatic N) is 1. The first-order valence-corrected chi connectivity index (χ1v) is 20.1. The molecule has 57 heavy (non-hydrogen) atoms. The van der Waals surface area contributed by atoms with E-state index in [9.17, 15) is 34.5 Å². The van der Waals surface area contributed by atoms with Crippen LogP contribution in [0.3, 0.4) is 0 Å². The van der Waals surface area contributed by atoms with Gasteiger partial charge in [0.15, 0.2) is 18.7 Å². The van der Waals surface area contributed by atoms with Crippen LogP contribution in [-0.2, 0) is 57.1 Å². The maximum absolute atomic E-state index is 13.3. The van der Waals surface area contributed by atoms with E-state index in [-0.39, 0.29) is 32.1 Å². The van der Waals surface area contributed by atoms with Crippen molar-refractivity contribution in [2.75, 3.05) is 21.2 Å². The second-order valence-electron chi connectivity index (χ2n) is 16.0. The van der Waals surface area contributed by atoms with E-state index < -0.39 is 121 Å². The highest BCUT2D eigenvalue weighted by Gasteiger charge is 2.53. The molecule has 0 aromatic heterocycles. The number of cyclic esters (lactones) is 1. The molecule has 326 valence electrons. The number of ether oxygens (including phenoxy) is 8. The Balaban J connectivity index is 2.01. The van der Waals surface area contributed by atoms with E-state index >= 15 is 0 Å². The lowest BCUT2D eigenvalue weighted by atomic mass is 9.82. The van der Waals surface area contributed by atoms with Gasteiger partial charge in [-0.3, -0.25) is 14.4 Å². The molecule has 0 aromatic rings. The molecule has 0 amide bonds. The summed E-state index contributed by atoms with van der Waals surface area (Å²) in [5, 5.41) is 34.5. The molecule has 0 spiro atoms. The molecule has 0 unspecified atom stereocenters. The fourth-order valence-corrected chi connectivity index (χ4v) is 7.82. The predicted octanol–water partition coefficient (Wildman–Crippen LogP) is 2.77. The number of carbonyl (C=O) groups excluding carboxylic acids is 4. The number of aldehydes is 1. The summed E-state index contributed by atoms with van der Waals surface area (Å²) >= 11 is 0. The Kier molecular flexibility index (Phi) is 19.2. The van der Waals surface area contributed by atoms with Gasteiger partial charge in [0.05, 0.1) is 36.9 Å². The van der Waals surface area contributed by atoms with Crippen molar-refractivity contribution in [2.45, 2.75) is 179 Å². The van der Waals surface area contributed by atoms with Crippen molar-refractivity contribution in [1.29, 1.82) is 0 Å². The van der Waals surface area contributed by atoms with Gasteiger partial charge in [0.2, 0.25) is 0 Å². The Bertz CT molecular complexity index is 1350. The normalized spacial score (nSPS) is 40.0. The molecule has 16 atom stereocenters. The molecule has 16 heteroatoms. The average molecular weight is 814 g/mol. The van der Waals surface area contributed by atoms with Crippen LogP contribution in [0.15, 0.2) is 24.3 Å². The van der Waals surface area contributed by atoms with Crippen molar-refractivity contribution in [3.8, 4) is 0 Å². The first-order valence-electron chi connectivity index (χ1n) is 20.1. The smallest absolute Gasteiger partial charge is 0.309 e. The van der Waals surface area contributed by atoms with E-state index in [0.29, 0.717) is 12.7 Å². The van der Waals surface area contributed by atoms with Crippen LogP contribution < -0.4 is 0 Å². The molecule has 0 aromatic carbocycles. The Labute approximate surface area is 337 Å². The summed E-state index contributed by atoms with van der Waals surface area (Å²) in [6.45, 7) is 11.8. The second-order valence-corrected chi connectivity index (χ2v) is 16.0. The largest absolute Gasteiger partial charge is 0.462 e. The highest BCUT2D eigenvalue weighted by molar-refractivity contribution is 5.72. The third-order valence-electron chi connectivity index (χ3n) is 10.9. The molecule has 2 saturated heterocycles. The van der Waals surface area contributed by atoms with Crippen molar-refractivity contribution in [3.05, 3.63) is 24.3 Å². The Morgan fingerprint density at radius 2 is 1.63 bits per heavy atom. The van der Waals surface area contributed by atoms with Gasteiger partial charge in [-0.05, 0) is 60.0 Å². The van der Waals surface area contributed by atoms with Crippen LogP contribution in [0.1, 0.15) is 93.4 Å². The van der Waals surface area contributed by atoms with Gasteiger partial charge in [0, 0.05) is 39.2 Å². The first-order chi connectivity index (χ1) is 26.9. The molecule has 3 aliphatic rings. The number of esters is 3. The maximum atomic E-state index is 13.3. The molecule has 3 heterocycles. The Morgan fingerprint density at radius 3 is 2.23 bits per heavy atom. The standard InChI is InChI=1S/C41H67NO15/c1-11-30(45)54-29-21-32(47)51-24(4)16-14-13-15-17-28(44)23(3)20-27(18-19-43)37(38(29)50-10)57-40-35(48)34(42(8)9)36(25(5)53-40)56-33-22-41(7,49)39(26(6)52-33)55-31(46)12-2/h13-15,17,19,23-29,33-40,44,48-49H,11-12,16,18,20-22H2,1-10H3/t23-,24-,25-,26+,27+,28+,29-,33+,34-,35-,36-,37+,38+,39+,40-,41-/m1/s1. The summed E-state index contributed by atoms with van der Waals surface area (Å²) in [5.41, 5.74) is -1.49.